The maximum Gasteiger partial charge on any atom is 0.230 e. The van der Waals surface area contributed by atoms with E-state index in [-0.39, 0.29) is 12.0 Å². The quantitative estimate of drug-likeness (QED) is 0.594. The third-order valence-corrected chi connectivity index (χ3v) is 6.96. The second-order valence-corrected chi connectivity index (χ2v) is 10.0. The maximum atomic E-state index is 13.3. The highest BCUT2D eigenvalue weighted by atomic mass is 16.2. The van der Waals surface area contributed by atoms with E-state index < -0.39 is 0 Å². The van der Waals surface area contributed by atoms with Crippen LogP contribution in [0.15, 0.2) is 18.2 Å². The van der Waals surface area contributed by atoms with Gasteiger partial charge in [0.25, 0.3) is 0 Å². The summed E-state index contributed by atoms with van der Waals surface area (Å²) in [6, 6.07) is 6.93. The molecule has 1 aromatic carbocycles. The fourth-order valence-corrected chi connectivity index (χ4v) is 5.41. The maximum absolute atomic E-state index is 13.3. The Morgan fingerprint density at radius 2 is 1.97 bits per heavy atom. The highest BCUT2D eigenvalue weighted by Crippen LogP contribution is 2.36. The Bertz CT molecular complexity index is 661. The topological polar surface area (TPSA) is 46.3 Å². The number of fused-ring (bicyclic) bond motifs is 1. The summed E-state index contributed by atoms with van der Waals surface area (Å²) in [6.45, 7) is 7.61. The lowest BCUT2D eigenvalue weighted by molar-refractivity contribution is -0.123. The van der Waals surface area contributed by atoms with Crippen molar-refractivity contribution in [1.29, 1.82) is 0 Å². The number of anilines is 1. The number of amides is 1. The number of nitrogens with zero attached hydrogens (tertiary/aromatic N) is 1. The average Bonchev–Trinajstić information content (AvgIpc) is 2.71. The van der Waals surface area contributed by atoms with E-state index in [4.69, 9.17) is 5.73 Å². The molecular formula is C26H42N2O. The third-order valence-electron chi connectivity index (χ3n) is 6.96. The predicted molar refractivity (Wildman–Crippen MR) is 123 cm³/mol. The second kappa shape index (κ2) is 10.6. The molecule has 1 fully saturated rings. The molecule has 1 saturated carbocycles. The average molecular weight is 399 g/mol. The molecular weight excluding hydrogens is 356 g/mol. The van der Waals surface area contributed by atoms with Crippen LogP contribution in [0.5, 0.6) is 0 Å². The smallest absolute Gasteiger partial charge is 0.230 e. The highest BCUT2D eigenvalue weighted by Gasteiger charge is 2.31. The fourth-order valence-electron chi connectivity index (χ4n) is 5.41. The van der Waals surface area contributed by atoms with Gasteiger partial charge >= 0.3 is 0 Å². The highest BCUT2D eigenvalue weighted by molar-refractivity contribution is 5.96. The molecule has 1 unspecified atom stereocenters. The molecule has 0 spiro atoms. The zero-order chi connectivity index (χ0) is 20.8. The molecule has 2 aliphatic rings. The number of hydrogen-bond acceptors (Lipinski definition) is 2. The zero-order valence-electron chi connectivity index (χ0n) is 19.0. The van der Waals surface area contributed by atoms with E-state index in [0.29, 0.717) is 11.8 Å². The summed E-state index contributed by atoms with van der Waals surface area (Å²) in [4.78, 5) is 15.4. The van der Waals surface area contributed by atoms with Crippen LogP contribution in [-0.2, 0) is 17.6 Å². The Balaban J connectivity index is 1.62. The molecule has 162 valence electrons. The Kier molecular flexibility index (Phi) is 8.17. The van der Waals surface area contributed by atoms with Crippen molar-refractivity contribution < 1.29 is 4.79 Å². The van der Waals surface area contributed by atoms with E-state index in [1.807, 2.05) is 0 Å². The molecule has 1 aliphatic carbocycles. The standard InChI is InChI=1S/C26H42N2O/c1-4-5-7-20-9-12-22(13-10-20)26(29)28-15-6-8-23-17-21(11-14-25(23)28)18-24(27)16-19(2)3/h11,14,17,19-20,22,24H,4-10,12-13,15-16,18,27H2,1-3H3. The van der Waals surface area contributed by atoms with Gasteiger partial charge in [0.2, 0.25) is 5.91 Å². The first-order valence-corrected chi connectivity index (χ1v) is 12.2. The summed E-state index contributed by atoms with van der Waals surface area (Å²) in [7, 11) is 0. The van der Waals surface area contributed by atoms with Crippen molar-refractivity contribution in [2.75, 3.05) is 11.4 Å². The molecule has 3 nitrogen and oxygen atoms in total. The molecule has 0 aromatic heterocycles. The molecule has 0 saturated heterocycles. The molecule has 2 N–H and O–H groups in total. The van der Waals surface area contributed by atoms with Gasteiger partial charge in [-0.2, -0.15) is 0 Å². The molecule has 3 rings (SSSR count). The van der Waals surface area contributed by atoms with Gasteiger partial charge in [-0.1, -0.05) is 52.2 Å². The largest absolute Gasteiger partial charge is 0.327 e. The minimum absolute atomic E-state index is 0.220. The summed E-state index contributed by atoms with van der Waals surface area (Å²) >= 11 is 0. The van der Waals surface area contributed by atoms with Crippen LogP contribution in [0.1, 0.15) is 89.7 Å². The Labute approximate surface area is 178 Å². The lowest BCUT2D eigenvalue weighted by atomic mass is 9.79. The summed E-state index contributed by atoms with van der Waals surface area (Å²) in [5, 5.41) is 0. The molecule has 1 aliphatic heterocycles. The Morgan fingerprint density at radius 3 is 2.66 bits per heavy atom. The van der Waals surface area contributed by atoms with Crippen molar-refractivity contribution in [1.82, 2.24) is 0 Å². The lowest BCUT2D eigenvalue weighted by Gasteiger charge is -2.35. The summed E-state index contributed by atoms with van der Waals surface area (Å²) in [6.07, 6.45) is 12.8. The van der Waals surface area contributed by atoms with Crippen LogP contribution in [-0.4, -0.2) is 18.5 Å². The molecule has 3 heteroatoms. The first-order chi connectivity index (χ1) is 14.0. The van der Waals surface area contributed by atoms with Crippen LogP contribution < -0.4 is 10.6 Å². The van der Waals surface area contributed by atoms with E-state index in [1.54, 1.807) is 0 Å². The summed E-state index contributed by atoms with van der Waals surface area (Å²) < 4.78 is 0. The first kappa shape index (κ1) is 22.3. The SMILES string of the molecule is CCCCC1CCC(C(=O)N2CCCc3cc(CC(N)CC(C)C)ccc32)CC1. The van der Waals surface area contributed by atoms with Crippen molar-refractivity contribution in [3.05, 3.63) is 29.3 Å². The van der Waals surface area contributed by atoms with E-state index in [2.05, 4.69) is 43.9 Å². The Hall–Kier alpha value is -1.35. The van der Waals surface area contributed by atoms with Crippen LogP contribution in [0.3, 0.4) is 0 Å². The molecule has 0 bridgehead atoms. The number of unbranched alkanes of at least 4 members (excludes halogenated alkanes) is 1. The Morgan fingerprint density at radius 1 is 1.21 bits per heavy atom. The van der Waals surface area contributed by atoms with Crippen molar-refractivity contribution in [2.24, 2.45) is 23.5 Å². The van der Waals surface area contributed by atoms with Crippen LogP contribution in [0.2, 0.25) is 0 Å². The number of benzene rings is 1. The van der Waals surface area contributed by atoms with Crippen molar-refractivity contribution >= 4 is 11.6 Å². The van der Waals surface area contributed by atoms with Crippen molar-refractivity contribution in [3.8, 4) is 0 Å². The minimum atomic E-state index is 0.220. The molecule has 29 heavy (non-hydrogen) atoms. The van der Waals surface area contributed by atoms with Crippen LogP contribution in [0, 0.1) is 17.8 Å². The van der Waals surface area contributed by atoms with Gasteiger partial charge < -0.3 is 10.6 Å². The van der Waals surface area contributed by atoms with Gasteiger partial charge in [-0.25, -0.2) is 0 Å². The fraction of sp³-hybridized carbons (Fsp3) is 0.731. The number of rotatable bonds is 8. The number of nitrogens with two attached hydrogens (primary N) is 1. The molecule has 0 radical (unpaired) electrons. The molecule has 1 atom stereocenters. The summed E-state index contributed by atoms with van der Waals surface area (Å²) in [5.74, 6) is 2.10. The predicted octanol–water partition coefficient (Wildman–Crippen LogP) is 5.88. The third kappa shape index (κ3) is 6.07. The van der Waals surface area contributed by atoms with E-state index in [0.717, 1.165) is 56.7 Å². The van der Waals surface area contributed by atoms with Gasteiger partial charge in [0.05, 0.1) is 0 Å². The number of carbonyl (C=O) groups excluding carboxylic acids is 1. The van der Waals surface area contributed by atoms with E-state index in [9.17, 15) is 4.79 Å². The minimum Gasteiger partial charge on any atom is -0.327 e. The lowest BCUT2D eigenvalue weighted by Crippen LogP contribution is -2.41. The first-order valence-electron chi connectivity index (χ1n) is 12.2. The van der Waals surface area contributed by atoms with Crippen LogP contribution >= 0.6 is 0 Å². The van der Waals surface area contributed by atoms with Crippen molar-refractivity contribution in [2.45, 2.75) is 97.4 Å². The number of carbonyl (C=O) groups is 1. The van der Waals surface area contributed by atoms with Gasteiger partial charge in [-0.05, 0) is 80.4 Å². The van der Waals surface area contributed by atoms with Crippen molar-refractivity contribution in [3.63, 3.8) is 0 Å². The molecule has 1 heterocycles. The van der Waals surface area contributed by atoms with Gasteiger partial charge in [-0.3, -0.25) is 4.79 Å². The normalized spacial score (nSPS) is 23.1. The monoisotopic (exact) mass is 398 g/mol. The zero-order valence-corrected chi connectivity index (χ0v) is 19.0. The molecule has 1 amide bonds. The second-order valence-electron chi connectivity index (χ2n) is 10.0. The summed E-state index contributed by atoms with van der Waals surface area (Å²) in [5.41, 5.74) is 10.2. The van der Waals surface area contributed by atoms with E-state index in [1.165, 1.54) is 43.2 Å². The van der Waals surface area contributed by atoms with Gasteiger partial charge in [0.1, 0.15) is 0 Å². The number of aryl methyl sites for hydroxylation is 1. The number of hydrogen-bond donors (Lipinski definition) is 1. The van der Waals surface area contributed by atoms with Gasteiger partial charge in [0, 0.05) is 24.2 Å². The van der Waals surface area contributed by atoms with Gasteiger partial charge in [-0.15, -0.1) is 0 Å². The van der Waals surface area contributed by atoms with Crippen LogP contribution in [0.25, 0.3) is 0 Å². The van der Waals surface area contributed by atoms with Gasteiger partial charge in [0.15, 0.2) is 0 Å². The molecule has 1 aromatic rings. The van der Waals surface area contributed by atoms with E-state index >= 15 is 0 Å². The van der Waals surface area contributed by atoms with Crippen LogP contribution in [0.4, 0.5) is 5.69 Å².